The number of hydrogen-bond donors (Lipinski definition) is 0. The Kier molecular flexibility index (Phi) is 4.21. The van der Waals surface area contributed by atoms with Crippen LogP contribution < -0.4 is 4.43 Å². The molecular weight excluding hydrogens is 236 g/mol. The van der Waals surface area contributed by atoms with Crippen LogP contribution in [0.5, 0.6) is 5.75 Å². The third-order valence-electron chi connectivity index (χ3n) is 3.29. The van der Waals surface area contributed by atoms with Crippen LogP contribution in [0.25, 0.3) is 11.1 Å². The molecule has 2 rings (SSSR count). The second-order valence-corrected chi connectivity index (χ2v) is 4.45. The molecule has 0 spiro atoms. The first-order valence-corrected chi connectivity index (χ1v) is 6.76. The summed E-state index contributed by atoms with van der Waals surface area (Å²) in [5.41, 5.74) is 5.24. The molecule has 0 unspecified atom stereocenters. The predicted octanol–water partition coefficient (Wildman–Crippen LogP) is 3.94. The van der Waals surface area contributed by atoms with Crippen molar-refractivity contribution >= 4 is 10.5 Å². The van der Waals surface area contributed by atoms with Crippen molar-refractivity contribution in [2.45, 2.75) is 26.7 Å². The van der Waals surface area contributed by atoms with Crippen LogP contribution >= 0.6 is 0 Å². The van der Waals surface area contributed by atoms with Crippen molar-refractivity contribution in [2.75, 3.05) is 0 Å². The largest absolute Gasteiger partial charge is 0.540 e. The minimum Gasteiger partial charge on any atom is -0.540 e. The summed E-state index contributed by atoms with van der Waals surface area (Å²) in [5, 5.41) is 0. The third-order valence-corrected chi connectivity index (χ3v) is 3.51. The van der Waals surface area contributed by atoms with Crippen molar-refractivity contribution in [3.8, 4) is 16.9 Å². The van der Waals surface area contributed by atoms with E-state index < -0.39 is 0 Å². The fourth-order valence-electron chi connectivity index (χ4n) is 2.41. The highest BCUT2D eigenvalue weighted by Crippen LogP contribution is 2.33. The van der Waals surface area contributed by atoms with E-state index in [1.165, 1.54) is 16.7 Å². The highest BCUT2D eigenvalue weighted by Gasteiger charge is 2.10. The maximum Gasteiger partial charge on any atom is 0.341 e. The fraction of sp³-hybridized carbons (Fsp3) is 0.250. The van der Waals surface area contributed by atoms with Crippen LogP contribution in [0.1, 0.15) is 25.0 Å². The van der Waals surface area contributed by atoms with Gasteiger partial charge in [0.15, 0.2) is 0 Å². The summed E-state index contributed by atoms with van der Waals surface area (Å²) in [4.78, 5) is 0. The molecule has 2 aromatic carbocycles. The minimum absolute atomic E-state index is 0.858. The molecule has 0 saturated carbocycles. The van der Waals surface area contributed by atoms with Crippen molar-refractivity contribution < 1.29 is 4.43 Å². The van der Waals surface area contributed by atoms with Gasteiger partial charge in [-0.05, 0) is 35.6 Å². The van der Waals surface area contributed by atoms with Crippen LogP contribution in [-0.4, -0.2) is 10.5 Å². The summed E-state index contributed by atoms with van der Waals surface area (Å²) in [7, 11) is 3.14. The molecule has 0 aromatic heterocycles. The lowest BCUT2D eigenvalue weighted by atomic mass is 9.92. The van der Waals surface area contributed by atoms with E-state index in [4.69, 9.17) is 4.43 Å². The summed E-state index contributed by atoms with van der Waals surface area (Å²) in [6.07, 6.45) is 2.10. The second-order valence-electron chi connectivity index (χ2n) is 4.25. The summed E-state index contributed by atoms with van der Waals surface area (Å²) in [5.74, 6) is 0.858. The van der Waals surface area contributed by atoms with Crippen molar-refractivity contribution in [3.05, 3.63) is 53.6 Å². The predicted molar refractivity (Wildman–Crippen MR) is 77.0 cm³/mol. The quantitative estimate of drug-likeness (QED) is 0.750. The van der Waals surface area contributed by atoms with Gasteiger partial charge in [0.2, 0.25) is 0 Å². The van der Waals surface area contributed by atoms with Gasteiger partial charge in [0.05, 0.1) is 0 Å². The van der Waals surface area contributed by atoms with Gasteiger partial charge < -0.3 is 4.43 Å². The number of rotatable bonds is 4. The molecule has 0 bridgehead atoms. The average Bonchev–Trinajstić information content (AvgIpc) is 2.46. The molecule has 3 radical (unpaired) electrons. The molecule has 0 heterocycles. The standard InChI is InChI=1S/C16H17OSi/c1-3-12-8-7-10-14(13(12)4-2)15-9-5-6-11-16(15)17-18/h5-11H,3-4H2,1-2H3. The molecule has 1 nitrogen and oxygen atoms in total. The molecule has 91 valence electrons. The van der Waals surface area contributed by atoms with Gasteiger partial charge in [-0.3, -0.25) is 0 Å². The number of hydrogen-bond acceptors (Lipinski definition) is 1. The van der Waals surface area contributed by atoms with E-state index in [1.807, 2.05) is 18.2 Å². The van der Waals surface area contributed by atoms with E-state index in [0.717, 1.165) is 24.2 Å². The molecule has 2 heteroatoms. The number of para-hydroxylation sites is 1. The van der Waals surface area contributed by atoms with Gasteiger partial charge in [0, 0.05) is 5.56 Å². The molecule has 18 heavy (non-hydrogen) atoms. The Morgan fingerprint density at radius 1 is 0.889 bits per heavy atom. The van der Waals surface area contributed by atoms with Crippen molar-refractivity contribution in [1.82, 2.24) is 0 Å². The minimum atomic E-state index is 0.858. The Balaban J connectivity index is 2.63. The van der Waals surface area contributed by atoms with Gasteiger partial charge in [0.25, 0.3) is 0 Å². The lowest BCUT2D eigenvalue weighted by molar-refractivity contribution is 0.618. The summed E-state index contributed by atoms with van der Waals surface area (Å²) in [6, 6.07) is 14.6. The van der Waals surface area contributed by atoms with Crippen molar-refractivity contribution in [3.63, 3.8) is 0 Å². The van der Waals surface area contributed by atoms with E-state index in [1.54, 1.807) is 0 Å². The summed E-state index contributed by atoms with van der Waals surface area (Å²) >= 11 is 0. The molecule has 0 aliphatic rings. The maximum absolute atomic E-state index is 5.28. The zero-order chi connectivity index (χ0) is 13.0. The van der Waals surface area contributed by atoms with Crippen molar-refractivity contribution in [1.29, 1.82) is 0 Å². The zero-order valence-corrected chi connectivity index (χ0v) is 11.9. The van der Waals surface area contributed by atoms with Crippen LogP contribution in [0, 0.1) is 0 Å². The molecule has 0 atom stereocenters. The topological polar surface area (TPSA) is 9.23 Å². The van der Waals surface area contributed by atoms with Gasteiger partial charge in [0.1, 0.15) is 5.75 Å². The zero-order valence-electron chi connectivity index (χ0n) is 10.9. The Morgan fingerprint density at radius 2 is 1.61 bits per heavy atom. The lowest BCUT2D eigenvalue weighted by Gasteiger charge is -2.15. The smallest absolute Gasteiger partial charge is 0.341 e. The summed E-state index contributed by atoms with van der Waals surface area (Å²) < 4.78 is 5.28. The normalized spacial score (nSPS) is 10.4. The Morgan fingerprint density at radius 3 is 2.28 bits per heavy atom. The summed E-state index contributed by atoms with van der Waals surface area (Å²) in [6.45, 7) is 4.40. The third kappa shape index (κ3) is 2.34. The van der Waals surface area contributed by atoms with Gasteiger partial charge >= 0.3 is 10.5 Å². The molecule has 0 aliphatic heterocycles. The molecule has 0 saturated heterocycles. The van der Waals surface area contributed by atoms with Crippen LogP contribution in [0.15, 0.2) is 42.5 Å². The monoisotopic (exact) mass is 253 g/mol. The first-order valence-electron chi connectivity index (χ1n) is 6.35. The van der Waals surface area contributed by atoms with E-state index in [2.05, 4.69) is 48.6 Å². The van der Waals surface area contributed by atoms with E-state index in [9.17, 15) is 0 Å². The van der Waals surface area contributed by atoms with Gasteiger partial charge in [-0.15, -0.1) is 0 Å². The van der Waals surface area contributed by atoms with Gasteiger partial charge in [-0.1, -0.05) is 50.2 Å². The first kappa shape index (κ1) is 12.9. The number of aryl methyl sites for hydroxylation is 1. The second kappa shape index (κ2) is 5.87. The molecule has 0 N–H and O–H groups in total. The maximum atomic E-state index is 5.28. The molecular formula is C16H17OSi. The molecule has 0 amide bonds. The molecule has 2 aromatic rings. The first-order chi connectivity index (χ1) is 8.81. The van der Waals surface area contributed by atoms with Crippen molar-refractivity contribution in [2.24, 2.45) is 0 Å². The highest BCUT2D eigenvalue weighted by atomic mass is 28.2. The van der Waals surface area contributed by atoms with E-state index in [0.29, 0.717) is 0 Å². The van der Waals surface area contributed by atoms with E-state index >= 15 is 0 Å². The SMILES string of the molecule is CCc1cccc(-c2ccccc2O[Si])c1CC. The Bertz CT molecular complexity index is 534. The molecule has 0 aliphatic carbocycles. The van der Waals surface area contributed by atoms with Crippen LogP contribution in [-0.2, 0) is 12.8 Å². The fourth-order valence-corrected chi connectivity index (χ4v) is 2.59. The van der Waals surface area contributed by atoms with Crippen LogP contribution in [0.3, 0.4) is 0 Å². The Labute approximate surface area is 112 Å². The van der Waals surface area contributed by atoms with Crippen LogP contribution in [0.2, 0.25) is 0 Å². The highest BCUT2D eigenvalue weighted by molar-refractivity contribution is 6.00. The number of benzene rings is 2. The van der Waals surface area contributed by atoms with Gasteiger partial charge in [-0.2, -0.15) is 0 Å². The lowest BCUT2D eigenvalue weighted by Crippen LogP contribution is -1.96. The van der Waals surface area contributed by atoms with E-state index in [-0.39, 0.29) is 0 Å². The average molecular weight is 253 g/mol. The van der Waals surface area contributed by atoms with Crippen LogP contribution in [0.4, 0.5) is 0 Å². The Hall–Kier alpha value is -1.54. The molecule has 0 fully saturated rings. The van der Waals surface area contributed by atoms with Gasteiger partial charge in [-0.25, -0.2) is 0 Å².